The van der Waals surface area contributed by atoms with Crippen LogP contribution in [0, 0.1) is 10.7 Å². The van der Waals surface area contributed by atoms with Gasteiger partial charge in [0.25, 0.3) is 0 Å². The highest BCUT2D eigenvalue weighted by Gasteiger charge is 2.34. The Bertz CT molecular complexity index is 743. The smallest absolute Gasteiger partial charge is 0.319 e. The van der Waals surface area contributed by atoms with Gasteiger partial charge in [0.05, 0.1) is 11.1 Å². The number of carbonyl (C=O) groups is 1. The van der Waals surface area contributed by atoms with Crippen molar-refractivity contribution in [3.05, 3.63) is 58.5 Å². The van der Waals surface area contributed by atoms with Crippen molar-refractivity contribution in [1.29, 1.82) is 0 Å². The SMILES string of the molecule is O=NC(=O)c1cnc(NC2(c3cccc(F)c3)CCCCC2)nc1. The average Bonchev–Trinajstić information content (AvgIpc) is 2.62. The van der Waals surface area contributed by atoms with Crippen LogP contribution in [0.4, 0.5) is 10.3 Å². The first-order valence-corrected chi connectivity index (χ1v) is 7.87. The van der Waals surface area contributed by atoms with Crippen LogP contribution in [0.5, 0.6) is 0 Å². The van der Waals surface area contributed by atoms with E-state index in [4.69, 9.17) is 0 Å². The molecular weight excluding hydrogens is 311 g/mol. The molecule has 0 atom stereocenters. The van der Waals surface area contributed by atoms with E-state index >= 15 is 0 Å². The van der Waals surface area contributed by atoms with Crippen LogP contribution in [0.15, 0.2) is 41.8 Å². The monoisotopic (exact) mass is 328 g/mol. The summed E-state index contributed by atoms with van der Waals surface area (Å²) in [6.45, 7) is 0. The van der Waals surface area contributed by atoms with E-state index in [9.17, 15) is 14.1 Å². The largest absolute Gasteiger partial charge is 0.345 e. The van der Waals surface area contributed by atoms with Crippen LogP contribution >= 0.6 is 0 Å². The molecule has 24 heavy (non-hydrogen) atoms. The predicted octanol–water partition coefficient (Wildman–Crippen LogP) is 3.79. The summed E-state index contributed by atoms with van der Waals surface area (Å²) in [6.07, 6.45) is 7.40. The zero-order chi connectivity index (χ0) is 17.0. The van der Waals surface area contributed by atoms with E-state index in [2.05, 4.69) is 20.5 Å². The van der Waals surface area contributed by atoms with Gasteiger partial charge in [0.15, 0.2) is 0 Å². The van der Waals surface area contributed by atoms with Crippen molar-refractivity contribution in [3.8, 4) is 0 Å². The Kier molecular flexibility index (Phi) is 4.59. The van der Waals surface area contributed by atoms with Crippen molar-refractivity contribution in [2.75, 3.05) is 5.32 Å². The Morgan fingerprint density at radius 3 is 2.50 bits per heavy atom. The van der Waals surface area contributed by atoms with E-state index in [0.29, 0.717) is 5.95 Å². The number of rotatable bonds is 4. The molecule has 0 aliphatic heterocycles. The number of benzene rings is 1. The zero-order valence-electron chi connectivity index (χ0n) is 13.0. The molecule has 1 amide bonds. The topological polar surface area (TPSA) is 84.3 Å². The maximum Gasteiger partial charge on any atom is 0.319 e. The fourth-order valence-electron chi connectivity index (χ4n) is 3.20. The second-order valence-corrected chi connectivity index (χ2v) is 5.97. The molecule has 1 aromatic carbocycles. The molecule has 0 bridgehead atoms. The molecule has 1 aliphatic rings. The Morgan fingerprint density at radius 1 is 1.17 bits per heavy atom. The minimum Gasteiger partial charge on any atom is -0.345 e. The van der Waals surface area contributed by atoms with Crippen LogP contribution < -0.4 is 5.32 Å². The lowest BCUT2D eigenvalue weighted by Crippen LogP contribution is -2.38. The summed E-state index contributed by atoms with van der Waals surface area (Å²) in [6, 6.07) is 6.55. The molecule has 1 saturated carbocycles. The molecule has 124 valence electrons. The number of aromatic nitrogens is 2. The van der Waals surface area contributed by atoms with Gasteiger partial charge in [0.2, 0.25) is 5.95 Å². The van der Waals surface area contributed by atoms with Gasteiger partial charge in [-0.3, -0.25) is 4.79 Å². The Balaban J connectivity index is 1.90. The summed E-state index contributed by atoms with van der Waals surface area (Å²) < 4.78 is 13.7. The Morgan fingerprint density at radius 2 is 1.88 bits per heavy atom. The maximum absolute atomic E-state index is 13.7. The van der Waals surface area contributed by atoms with Gasteiger partial charge >= 0.3 is 5.91 Å². The van der Waals surface area contributed by atoms with E-state index in [1.165, 1.54) is 24.5 Å². The quantitative estimate of drug-likeness (QED) is 0.863. The van der Waals surface area contributed by atoms with E-state index in [1.54, 1.807) is 6.07 Å². The summed E-state index contributed by atoms with van der Waals surface area (Å²) in [5.74, 6) is -0.846. The van der Waals surface area contributed by atoms with Crippen LogP contribution in [0.3, 0.4) is 0 Å². The van der Waals surface area contributed by atoms with Crippen LogP contribution in [-0.4, -0.2) is 15.9 Å². The molecule has 1 N–H and O–H groups in total. The molecule has 3 rings (SSSR count). The molecule has 0 unspecified atom stereocenters. The van der Waals surface area contributed by atoms with Crippen molar-refractivity contribution in [2.24, 2.45) is 5.18 Å². The van der Waals surface area contributed by atoms with Crippen molar-refractivity contribution in [1.82, 2.24) is 9.97 Å². The minimum absolute atomic E-state index is 0.0407. The molecule has 1 fully saturated rings. The first-order chi connectivity index (χ1) is 11.6. The van der Waals surface area contributed by atoms with Gasteiger partial charge in [0, 0.05) is 17.6 Å². The lowest BCUT2D eigenvalue weighted by molar-refractivity contribution is 0.1000. The van der Waals surface area contributed by atoms with E-state index in [-0.39, 0.29) is 11.4 Å². The molecule has 2 aromatic rings. The van der Waals surface area contributed by atoms with Gasteiger partial charge in [-0.1, -0.05) is 31.4 Å². The summed E-state index contributed by atoms with van der Waals surface area (Å²) in [5.41, 5.74) is 0.467. The van der Waals surface area contributed by atoms with Gasteiger partial charge in [-0.25, -0.2) is 14.4 Å². The summed E-state index contributed by atoms with van der Waals surface area (Å²) >= 11 is 0. The van der Waals surface area contributed by atoms with Gasteiger partial charge in [-0.2, -0.15) is 0 Å². The molecule has 0 saturated heterocycles. The number of hydrogen-bond acceptors (Lipinski definition) is 5. The molecule has 1 aliphatic carbocycles. The number of anilines is 1. The molecule has 7 heteroatoms. The van der Waals surface area contributed by atoms with E-state index in [1.807, 2.05) is 6.07 Å². The highest BCUT2D eigenvalue weighted by Crippen LogP contribution is 2.39. The summed E-state index contributed by atoms with van der Waals surface area (Å²) in [5, 5.41) is 5.66. The van der Waals surface area contributed by atoms with Crippen molar-refractivity contribution < 1.29 is 9.18 Å². The average molecular weight is 328 g/mol. The third-order valence-corrected chi connectivity index (χ3v) is 4.42. The van der Waals surface area contributed by atoms with E-state index < -0.39 is 11.4 Å². The number of hydrogen-bond donors (Lipinski definition) is 1. The molecule has 0 radical (unpaired) electrons. The third-order valence-electron chi connectivity index (χ3n) is 4.42. The van der Waals surface area contributed by atoms with Crippen molar-refractivity contribution >= 4 is 11.9 Å². The normalized spacial score (nSPS) is 16.4. The third kappa shape index (κ3) is 3.29. The zero-order valence-corrected chi connectivity index (χ0v) is 13.0. The number of nitrogens with zero attached hydrogens (tertiary/aromatic N) is 3. The predicted molar refractivity (Wildman–Crippen MR) is 86.9 cm³/mol. The fraction of sp³-hybridized carbons (Fsp3) is 0.353. The summed E-state index contributed by atoms with van der Waals surface area (Å²) in [7, 11) is 0. The molecule has 6 nitrogen and oxygen atoms in total. The van der Waals surface area contributed by atoms with Crippen LogP contribution in [0.2, 0.25) is 0 Å². The summed E-state index contributed by atoms with van der Waals surface area (Å²) in [4.78, 5) is 29.7. The molecule has 1 aromatic heterocycles. The van der Waals surface area contributed by atoms with Crippen molar-refractivity contribution in [3.63, 3.8) is 0 Å². The lowest BCUT2D eigenvalue weighted by Gasteiger charge is -2.38. The van der Waals surface area contributed by atoms with Gasteiger partial charge < -0.3 is 5.32 Å². The van der Waals surface area contributed by atoms with Crippen LogP contribution in [0.1, 0.15) is 48.0 Å². The standard InChI is InChI=1S/C17H17FN4O2/c18-14-6-4-5-13(9-14)17(7-2-1-3-8-17)21-16-19-10-12(11-20-16)15(23)22-24/h4-6,9-11H,1-3,7-8H2,(H,19,20,21). The molecule has 0 spiro atoms. The number of halogens is 1. The van der Waals surface area contributed by atoms with Crippen molar-refractivity contribution in [2.45, 2.75) is 37.6 Å². The van der Waals surface area contributed by atoms with Gasteiger partial charge in [-0.05, 0) is 30.5 Å². The fourth-order valence-corrected chi connectivity index (χ4v) is 3.20. The van der Waals surface area contributed by atoms with Crippen LogP contribution in [0.25, 0.3) is 0 Å². The lowest BCUT2D eigenvalue weighted by atomic mass is 9.76. The second kappa shape index (κ2) is 6.82. The minimum atomic E-state index is -0.904. The highest BCUT2D eigenvalue weighted by atomic mass is 19.1. The first kappa shape index (κ1) is 16.2. The Labute approximate surface area is 138 Å². The maximum atomic E-state index is 13.7. The second-order valence-electron chi connectivity index (χ2n) is 5.97. The molecular formula is C17H17FN4O2. The number of carbonyl (C=O) groups excluding carboxylic acids is 1. The Hall–Kier alpha value is -2.70. The van der Waals surface area contributed by atoms with Gasteiger partial charge in [0.1, 0.15) is 5.82 Å². The number of amides is 1. The van der Waals surface area contributed by atoms with Crippen LogP contribution in [-0.2, 0) is 5.54 Å². The first-order valence-electron chi connectivity index (χ1n) is 7.87. The molecule has 1 heterocycles. The highest BCUT2D eigenvalue weighted by molar-refractivity contribution is 5.94. The number of nitrogens with one attached hydrogen (secondary N) is 1. The van der Waals surface area contributed by atoms with Gasteiger partial charge in [-0.15, -0.1) is 4.91 Å². The number of nitroso groups, excluding NO2 is 1. The van der Waals surface area contributed by atoms with E-state index in [0.717, 1.165) is 37.7 Å².